The summed E-state index contributed by atoms with van der Waals surface area (Å²) in [5.41, 5.74) is -0.644. The van der Waals surface area contributed by atoms with Crippen molar-refractivity contribution in [2.24, 2.45) is 0 Å². The van der Waals surface area contributed by atoms with Crippen LogP contribution in [-0.4, -0.2) is 36.2 Å². The van der Waals surface area contributed by atoms with Crippen molar-refractivity contribution in [3.05, 3.63) is 33.8 Å². The molecule has 0 amide bonds. The molecule has 10 heteroatoms. The largest absolute Gasteiger partial charge is 0.478 e. The van der Waals surface area contributed by atoms with Crippen molar-refractivity contribution >= 4 is 23.4 Å². The van der Waals surface area contributed by atoms with Gasteiger partial charge in [-0.2, -0.15) is 0 Å². The van der Waals surface area contributed by atoms with Gasteiger partial charge >= 0.3 is 11.7 Å². The number of nitrogens with zero attached hydrogens (tertiary/aromatic N) is 4. The van der Waals surface area contributed by atoms with E-state index in [0.717, 1.165) is 24.0 Å². The fraction of sp³-hybridized carbons (Fsp3) is 0.111. The highest BCUT2D eigenvalue weighted by Crippen LogP contribution is 2.31. The van der Waals surface area contributed by atoms with Gasteiger partial charge in [-0.3, -0.25) is 15.2 Å². The van der Waals surface area contributed by atoms with Crippen molar-refractivity contribution in [3.63, 3.8) is 0 Å². The summed E-state index contributed by atoms with van der Waals surface area (Å²) < 4.78 is 0. The van der Waals surface area contributed by atoms with Gasteiger partial charge in [0.15, 0.2) is 5.03 Å². The van der Waals surface area contributed by atoms with Crippen molar-refractivity contribution in [1.82, 2.24) is 20.2 Å². The number of aromatic carboxylic acids is 1. The number of aromatic nitrogens is 4. The lowest BCUT2D eigenvalue weighted by Gasteiger charge is -2.00. The molecule has 2 N–H and O–H groups in total. The molecule has 9 nitrogen and oxygen atoms in total. The van der Waals surface area contributed by atoms with Crippen LogP contribution >= 0.6 is 11.8 Å². The maximum atomic E-state index is 10.9. The summed E-state index contributed by atoms with van der Waals surface area (Å²) in [4.78, 5) is 28.7. The Hall–Kier alpha value is -2.49. The Morgan fingerprint density at radius 2 is 2.32 bits per heavy atom. The molecule has 0 atom stereocenters. The fourth-order valence-electron chi connectivity index (χ4n) is 1.22. The molecule has 2 aromatic rings. The van der Waals surface area contributed by atoms with Crippen LogP contribution in [0.4, 0.5) is 5.69 Å². The zero-order valence-electron chi connectivity index (χ0n) is 9.52. The number of pyridine rings is 1. The normalized spacial score (nSPS) is 10.4. The van der Waals surface area contributed by atoms with E-state index >= 15 is 0 Å². The third-order valence-electron chi connectivity index (χ3n) is 2.04. The number of nitrogens with one attached hydrogen (secondary N) is 1. The maximum absolute atomic E-state index is 10.9. The van der Waals surface area contributed by atoms with E-state index in [1.807, 2.05) is 0 Å². The molecule has 0 saturated heterocycles. The summed E-state index contributed by atoms with van der Waals surface area (Å²) in [5.74, 6) is -0.715. The number of aromatic amines is 1. The lowest BCUT2D eigenvalue weighted by molar-refractivity contribution is -0.388. The van der Waals surface area contributed by atoms with Gasteiger partial charge in [0.05, 0.1) is 10.5 Å². The second-order valence-corrected chi connectivity index (χ2v) is 4.37. The molecule has 0 bridgehead atoms. The topological polar surface area (TPSA) is 135 Å². The summed E-state index contributed by atoms with van der Waals surface area (Å²) in [6.45, 7) is 1.69. The van der Waals surface area contributed by atoms with Crippen LogP contribution in [-0.2, 0) is 0 Å². The Labute approximate surface area is 110 Å². The molecular formula is C9H7N5O4S. The molecule has 0 aromatic carbocycles. The van der Waals surface area contributed by atoms with Crippen LogP contribution in [0.25, 0.3) is 0 Å². The lowest BCUT2D eigenvalue weighted by atomic mass is 10.3. The quantitative estimate of drug-likeness (QED) is 0.631. The van der Waals surface area contributed by atoms with Gasteiger partial charge in [-0.05, 0) is 18.7 Å². The molecule has 0 aliphatic carbocycles. The Morgan fingerprint density at radius 1 is 1.58 bits per heavy atom. The Kier molecular flexibility index (Phi) is 3.42. The second kappa shape index (κ2) is 5.02. The molecule has 0 fully saturated rings. The van der Waals surface area contributed by atoms with E-state index in [4.69, 9.17) is 5.11 Å². The van der Waals surface area contributed by atoms with Gasteiger partial charge in [0.1, 0.15) is 5.82 Å². The van der Waals surface area contributed by atoms with Crippen LogP contribution in [0, 0.1) is 17.0 Å². The summed E-state index contributed by atoms with van der Waals surface area (Å²) >= 11 is 0.885. The summed E-state index contributed by atoms with van der Waals surface area (Å²) in [7, 11) is 0. The van der Waals surface area contributed by atoms with Gasteiger partial charge in [0.25, 0.3) is 0 Å². The van der Waals surface area contributed by atoms with E-state index in [2.05, 4.69) is 20.2 Å². The van der Waals surface area contributed by atoms with Crippen LogP contribution in [0.3, 0.4) is 0 Å². The molecule has 2 rings (SSSR count). The number of carboxylic acids is 1. The number of H-pyrrole nitrogens is 1. The first-order chi connectivity index (χ1) is 8.97. The van der Waals surface area contributed by atoms with Crippen LogP contribution in [0.5, 0.6) is 0 Å². The molecule has 2 heterocycles. The molecule has 98 valence electrons. The Bertz CT molecular complexity index is 656. The third-order valence-corrected chi connectivity index (χ3v) is 2.91. The first-order valence-corrected chi connectivity index (χ1v) is 5.73. The highest BCUT2D eigenvalue weighted by molar-refractivity contribution is 7.99. The number of rotatable bonds is 4. The fourth-order valence-corrected chi connectivity index (χ4v) is 2.01. The molecule has 19 heavy (non-hydrogen) atoms. The minimum absolute atomic E-state index is 0.0361. The number of carbonyl (C=O) groups is 1. The van der Waals surface area contributed by atoms with Crippen molar-refractivity contribution in [3.8, 4) is 0 Å². The van der Waals surface area contributed by atoms with E-state index in [-0.39, 0.29) is 15.7 Å². The van der Waals surface area contributed by atoms with E-state index < -0.39 is 16.6 Å². The lowest BCUT2D eigenvalue weighted by Crippen LogP contribution is -2.01. The summed E-state index contributed by atoms with van der Waals surface area (Å²) in [6.07, 6.45) is 1.05. The highest BCUT2D eigenvalue weighted by atomic mass is 32.2. The molecule has 0 spiro atoms. The van der Waals surface area contributed by atoms with Crippen LogP contribution < -0.4 is 0 Å². The monoisotopic (exact) mass is 281 g/mol. The minimum Gasteiger partial charge on any atom is -0.478 e. The first kappa shape index (κ1) is 13.0. The van der Waals surface area contributed by atoms with E-state index in [1.54, 1.807) is 6.92 Å². The zero-order valence-corrected chi connectivity index (χ0v) is 10.3. The van der Waals surface area contributed by atoms with Gasteiger partial charge in [0, 0.05) is 12.3 Å². The predicted octanol–water partition coefficient (Wildman–Crippen LogP) is 1.27. The summed E-state index contributed by atoms with van der Waals surface area (Å²) in [5, 5.41) is 26.4. The average molecular weight is 281 g/mol. The molecule has 0 saturated carbocycles. The molecule has 0 radical (unpaired) electrons. The van der Waals surface area contributed by atoms with Crippen molar-refractivity contribution in [2.75, 3.05) is 0 Å². The molecular weight excluding hydrogens is 274 g/mol. The second-order valence-electron chi connectivity index (χ2n) is 3.42. The van der Waals surface area contributed by atoms with E-state index in [0.29, 0.717) is 5.82 Å². The molecule has 2 aromatic heterocycles. The van der Waals surface area contributed by atoms with Gasteiger partial charge < -0.3 is 5.11 Å². The van der Waals surface area contributed by atoms with E-state index in [9.17, 15) is 14.9 Å². The van der Waals surface area contributed by atoms with Crippen molar-refractivity contribution in [1.29, 1.82) is 0 Å². The van der Waals surface area contributed by atoms with Gasteiger partial charge in [-0.1, -0.05) is 0 Å². The van der Waals surface area contributed by atoms with Gasteiger partial charge in [-0.15, -0.1) is 5.10 Å². The smallest absolute Gasteiger partial charge is 0.337 e. The predicted molar refractivity (Wildman–Crippen MR) is 63.1 cm³/mol. The zero-order chi connectivity index (χ0) is 14.0. The highest BCUT2D eigenvalue weighted by Gasteiger charge is 2.21. The Morgan fingerprint density at radius 3 is 2.84 bits per heavy atom. The van der Waals surface area contributed by atoms with E-state index in [1.165, 1.54) is 0 Å². The first-order valence-electron chi connectivity index (χ1n) is 4.92. The number of aryl methyl sites for hydroxylation is 1. The van der Waals surface area contributed by atoms with Gasteiger partial charge in [-0.25, -0.2) is 14.8 Å². The van der Waals surface area contributed by atoms with Crippen molar-refractivity contribution < 1.29 is 14.8 Å². The van der Waals surface area contributed by atoms with Crippen LogP contribution in [0.15, 0.2) is 22.4 Å². The minimum atomic E-state index is -1.28. The van der Waals surface area contributed by atoms with Crippen molar-refractivity contribution in [2.45, 2.75) is 17.1 Å². The number of hydrogen-bond acceptors (Lipinski definition) is 7. The Balaban J connectivity index is 2.39. The summed E-state index contributed by atoms with van der Waals surface area (Å²) in [6, 6.07) is 0.956. The standard InChI is InChI=1S/C9H7N5O4S/c1-4-11-9(13-12-4)19-7-6(14(17)18)2-5(3-10-7)8(15)16/h2-3H,1H3,(H,15,16)(H,11,12,13). The number of hydrogen-bond donors (Lipinski definition) is 2. The maximum Gasteiger partial charge on any atom is 0.337 e. The van der Waals surface area contributed by atoms with Crippen LogP contribution in [0.1, 0.15) is 16.2 Å². The van der Waals surface area contributed by atoms with Gasteiger partial charge in [0.2, 0.25) is 5.16 Å². The molecule has 0 aliphatic heterocycles. The average Bonchev–Trinajstić information content (AvgIpc) is 2.74. The SMILES string of the molecule is Cc1nc(Sc2ncc(C(=O)O)cc2[N+](=O)[O-])n[nH]1. The van der Waals surface area contributed by atoms with Crippen LogP contribution in [0.2, 0.25) is 0 Å². The number of nitro groups is 1. The molecule has 0 unspecified atom stereocenters. The third kappa shape index (κ3) is 2.85. The number of carboxylic acid groups (broad SMARTS) is 1. The molecule has 0 aliphatic rings.